The molecular formula is C37H46OSi2. The molecule has 40 heavy (non-hydrogen) atoms. The van der Waals surface area contributed by atoms with E-state index in [0.717, 1.165) is 12.3 Å². The molecule has 6 rings (SSSR count). The van der Waals surface area contributed by atoms with Crippen LogP contribution in [0, 0.1) is 35.6 Å². The van der Waals surface area contributed by atoms with Crippen molar-refractivity contribution in [3.05, 3.63) is 95.6 Å². The molecule has 3 aliphatic carbocycles. The molecule has 0 radical (unpaired) electrons. The SMILES string of the molecule is Cc1ccc2c(c1)CC[C@@H]1[C@@H]2CC[C@@]2(C)[C@H]1CC[C@]2(C#C[Si](C)(C)c1ccccc1)O[Si](C)(C)c1ccccc1. The van der Waals surface area contributed by atoms with Crippen LogP contribution in [0.4, 0.5) is 0 Å². The van der Waals surface area contributed by atoms with E-state index in [9.17, 15) is 0 Å². The van der Waals surface area contributed by atoms with E-state index in [-0.39, 0.29) is 11.0 Å². The Morgan fingerprint density at radius 2 is 1.48 bits per heavy atom. The van der Waals surface area contributed by atoms with Gasteiger partial charge >= 0.3 is 0 Å². The minimum absolute atomic E-state index is 0.0730. The molecule has 3 aromatic rings. The fraction of sp³-hybridized carbons (Fsp3) is 0.459. The van der Waals surface area contributed by atoms with Crippen molar-refractivity contribution >= 4 is 26.8 Å². The highest BCUT2D eigenvalue weighted by atomic mass is 28.4. The van der Waals surface area contributed by atoms with Crippen LogP contribution in [0.25, 0.3) is 0 Å². The molecule has 0 N–H and O–H groups in total. The molecule has 0 aromatic heterocycles. The Morgan fingerprint density at radius 1 is 0.800 bits per heavy atom. The molecule has 0 aliphatic heterocycles. The molecule has 0 saturated heterocycles. The molecule has 3 aliphatic rings. The van der Waals surface area contributed by atoms with E-state index < -0.39 is 16.4 Å². The summed E-state index contributed by atoms with van der Waals surface area (Å²) in [5.74, 6) is 6.14. The van der Waals surface area contributed by atoms with Crippen LogP contribution < -0.4 is 10.4 Å². The molecule has 5 atom stereocenters. The van der Waals surface area contributed by atoms with Gasteiger partial charge in [0.1, 0.15) is 5.60 Å². The summed E-state index contributed by atoms with van der Waals surface area (Å²) in [6.45, 7) is 14.4. The van der Waals surface area contributed by atoms with Gasteiger partial charge in [0, 0.05) is 5.41 Å². The van der Waals surface area contributed by atoms with Gasteiger partial charge in [0.15, 0.2) is 8.07 Å². The highest BCUT2D eigenvalue weighted by molar-refractivity contribution is 6.96. The van der Waals surface area contributed by atoms with Crippen LogP contribution in [0.15, 0.2) is 78.9 Å². The zero-order valence-corrected chi connectivity index (χ0v) is 27.4. The quantitative estimate of drug-likeness (QED) is 0.232. The topological polar surface area (TPSA) is 9.23 Å². The Labute approximate surface area is 244 Å². The van der Waals surface area contributed by atoms with Crippen molar-refractivity contribution in [2.24, 2.45) is 17.3 Å². The number of hydrogen-bond donors (Lipinski definition) is 0. The van der Waals surface area contributed by atoms with Gasteiger partial charge in [0.25, 0.3) is 0 Å². The van der Waals surface area contributed by atoms with Crippen molar-refractivity contribution in [1.29, 1.82) is 0 Å². The Hall–Kier alpha value is -2.39. The van der Waals surface area contributed by atoms with E-state index in [1.165, 1.54) is 48.0 Å². The first-order chi connectivity index (χ1) is 19.0. The van der Waals surface area contributed by atoms with E-state index in [4.69, 9.17) is 4.43 Å². The van der Waals surface area contributed by atoms with Crippen molar-refractivity contribution in [1.82, 2.24) is 0 Å². The largest absolute Gasteiger partial charge is 0.396 e. The standard InChI is InChI=1S/C37H46OSi2/c1-28-17-19-32-29(27-28)18-20-34-33(32)21-23-36(2)35(34)22-24-37(36,38-40(5,6)31-15-11-8-12-16-31)25-26-39(3,4)30-13-9-7-10-14-30/h7-17,19,27,33-35H,18,20-24H2,1-6H3/t33-,34-,35+,36+,37-/m1/s1. The predicted octanol–water partition coefficient (Wildman–Crippen LogP) is 7.88. The minimum atomic E-state index is -2.21. The maximum atomic E-state index is 7.63. The Kier molecular flexibility index (Phi) is 7.05. The summed E-state index contributed by atoms with van der Waals surface area (Å²) in [6, 6.07) is 29.3. The highest BCUT2D eigenvalue weighted by Gasteiger charge is 2.63. The number of hydrogen-bond acceptors (Lipinski definition) is 1. The van der Waals surface area contributed by atoms with Gasteiger partial charge in [-0.25, -0.2) is 0 Å². The molecule has 3 heteroatoms. The zero-order chi connectivity index (χ0) is 28.2. The summed E-state index contributed by atoms with van der Waals surface area (Å²) in [4.78, 5) is 0. The second kappa shape index (κ2) is 10.2. The van der Waals surface area contributed by atoms with E-state index in [2.05, 4.69) is 130 Å². The average molecular weight is 563 g/mol. The lowest BCUT2D eigenvalue weighted by Gasteiger charge is -2.54. The van der Waals surface area contributed by atoms with Gasteiger partial charge in [-0.1, -0.05) is 110 Å². The molecule has 0 amide bonds. The van der Waals surface area contributed by atoms with Gasteiger partial charge in [-0.2, -0.15) is 0 Å². The molecular weight excluding hydrogens is 517 g/mol. The molecule has 2 saturated carbocycles. The summed E-state index contributed by atoms with van der Waals surface area (Å²) >= 11 is 0. The van der Waals surface area contributed by atoms with Gasteiger partial charge in [0.2, 0.25) is 8.32 Å². The molecule has 0 bridgehead atoms. The van der Waals surface area contributed by atoms with Crippen LogP contribution in [0.3, 0.4) is 0 Å². The molecule has 3 aromatic carbocycles. The minimum Gasteiger partial charge on any atom is -0.396 e. The van der Waals surface area contributed by atoms with Gasteiger partial charge < -0.3 is 4.43 Å². The zero-order valence-electron chi connectivity index (χ0n) is 25.4. The molecule has 2 fully saturated rings. The van der Waals surface area contributed by atoms with Gasteiger partial charge in [-0.3, -0.25) is 0 Å². The van der Waals surface area contributed by atoms with Crippen LogP contribution in [-0.2, 0) is 10.8 Å². The summed E-state index contributed by atoms with van der Waals surface area (Å²) in [6.07, 6.45) is 7.30. The van der Waals surface area contributed by atoms with E-state index in [1.807, 2.05) is 0 Å². The van der Waals surface area contributed by atoms with Crippen molar-refractivity contribution in [3.63, 3.8) is 0 Å². The third-order valence-electron chi connectivity index (χ3n) is 11.0. The summed E-state index contributed by atoms with van der Waals surface area (Å²) < 4.78 is 7.63. The number of fused-ring (bicyclic) bond motifs is 5. The van der Waals surface area contributed by atoms with Crippen LogP contribution in [-0.4, -0.2) is 22.0 Å². The van der Waals surface area contributed by atoms with Crippen LogP contribution in [0.1, 0.15) is 61.6 Å². The Morgan fingerprint density at radius 3 is 2.17 bits per heavy atom. The summed E-state index contributed by atoms with van der Waals surface area (Å²) in [7, 11) is -4.16. The Balaban J connectivity index is 1.41. The van der Waals surface area contributed by atoms with Crippen LogP contribution in [0.2, 0.25) is 26.2 Å². The fourth-order valence-electron chi connectivity index (χ4n) is 8.63. The van der Waals surface area contributed by atoms with Crippen molar-refractivity contribution < 1.29 is 4.43 Å². The van der Waals surface area contributed by atoms with Crippen LogP contribution >= 0.6 is 0 Å². The van der Waals surface area contributed by atoms with Gasteiger partial charge in [-0.15, -0.1) is 5.54 Å². The first-order valence-electron chi connectivity index (χ1n) is 15.5. The number of rotatable bonds is 4. The second-order valence-corrected chi connectivity index (χ2v) is 22.0. The number of benzene rings is 3. The van der Waals surface area contributed by atoms with E-state index in [0.29, 0.717) is 11.8 Å². The normalized spacial score (nSPS) is 29.5. The summed E-state index contributed by atoms with van der Waals surface area (Å²) in [5, 5.41) is 2.79. The fourth-order valence-corrected chi connectivity index (χ4v) is 12.7. The van der Waals surface area contributed by atoms with E-state index >= 15 is 0 Å². The van der Waals surface area contributed by atoms with Crippen molar-refractivity contribution in [2.75, 3.05) is 0 Å². The Bertz CT molecular complexity index is 1430. The lowest BCUT2D eigenvalue weighted by Crippen LogP contribution is -2.59. The van der Waals surface area contributed by atoms with Gasteiger partial charge in [-0.05, 0) is 97.8 Å². The lowest BCUT2D eigenvalue weighted by molar-refractivity contribution is -0.0529. The third kappa shape index (κ3) is 4.67. The monoisotopic (exact) mass is 562 g/mol. The van der Waals surface area contributed by atoms with Gasteiger partial charge in [0.05, 0.1) is 0 Å². The molecule has 1 nitrogen and oxygen atoms in total. The number of aryl methyl sites for hydroxylation is 2. The third-order valence-corrected chi connectivity index (χ3v) is 16.1. The molecule has 0 unspecified atom stereocenters. The first-order valence-corrected chi connectivity index (χ1v) is 21.4. The maximum Gasteiger partial charge on any atom is 0.220 e. The smallest absolute Gasteiger partial charge is 0.220 e. The molecule has 208 valence electrons. The second-order valence-electron chi connectivity index (χ2n) is 14.2. The maximum absolute atomic E-state index is 7.63. The molecule has 0 spiro atoms. The van der Waals surface area contributed by atoms with Crippen LogP contribution in [0.5, 0.6) is 0 Å². The highest BCUT2D eigenvalue weighted by Crippen LogP contribution is 2.65. The summed E-state index contributed by atoms with van der Waals surface area (Å²) in [5.41, 5.74) is 8.31. The predicted molar refractivity (Wildman–Crippen MR) is 175 cm³/mol. The first kappa shape index (κ1) is 27.8. The van der Waals surface area contributed by atoms with E-state index in [1.54, 1.807) is 11.1 Å². The lowest BCUT2D eigenvalue weighted by atomic mass is 9.53. The van der Waals surface area contributed by atoms with Crippen molar-refractivity contribution in [3.8, 4) is 11.5 Å². The van der Waals surface area contributed by atoms with Crippen molar-refractivity contribution in [2.45, 2.75) is 90.1 Å². The average Bonchev–Trinajstić information content (AvgIpc) is 3.24. The molecule has 0 heterocycles.